The lowest BCUT2D eigenvalue weighted by Crippen LogP contribution is -2.49. The van der Waals surface area contributed by atoms with Crippen LogP contribution in [0.4, 0.5) is 4.79 Å². The van der Waals surface area contributed by atoms with E-state index in [0.29, 0.717) is 6.54 Å². The largest absolute Gasteiger partial charge is 0.337 e. The number of hydrogen-bond donors (Lipinski definition) is 1. The lowest BCUT2D eigenvalue weighted by molar-refractivity contribution is -0.129. The van der Waals surface area contributed by atoms with Gasteiger partial charge in [-0.2, -0.15) is 0 Å². The zero-order valence-corrected chi connectivity index (χ0v) is 5.74. The van der Waals surface area contributed by atoms with Crippen molar-refractivity contribution in [2.45, 2.75) is 6.42 Å². The molecule has 0 radical (unpaired) electrons. The summed E-state index contributed by atoms with van der Waals surface area (Å²) in [5.41, 5.74) is 0. The van der Waals surface area contributed by atoms with Gasteiger partial charge in [-0.15, -0.1) is 4.91 Å². The van der Waals surface area contributed by atoms with Gasteiger partial charge in [0.25, 0.3) is 0 Å². The highest BCUT2D eigenvalue weighted by Gasteiger charge is 2.25. The Bertz CT molecular complexity index is 187. The van der Waals surface area contributed by atoms with Gasteiger partial charge in [-0.1, -0.05) is 0 Å². The molecule has 0 atom stereocenters. The van der Waals surface area contributed by atoms with Crippen LogP contribution in [0.2, 0.25) is 0 Å². The molecule has 0 aromatic heterocycles. The molecule has 1 rings (SSSR count). The van der Waals surface area contributed by atoms with Crippen LogP contribution in [0, 0.1) is 4.91 Å². The molecule has 1 N–H and O–H groups in total. The van der Waals surface area contributed by atoms with Gasteiger partial charge in [0.2, 0.25) is 5.91 Å². The van der Waals surface area contributed by atoms with E-state index in [0.717, 1.165) is 4.90 Å². The van der Waals surface area contributed by atoms with Gasteiger partial charge in [-0.3, -0.25) is 4.79 Å². The summed E-state index contributed by atoms with van der Waals surface area (Å²) in [7, 11) is 0. The maximum atomic E-state index is 10.9. The van der Waals surface area contributed by atoms with Crippen LogP contribution in [0.5, 0.6) is 0 Å². The summed E-state index contributed by atoms with van der Waals surface area (Å²) in [6, 6.07) is -0.541. The molecule has 0 saturated carbocycles. The summed E-state index contributed by atoms with van der Waals surface area (Å²) in [5.74, 6) is -0.353. The first-order valence-electron chi connectivity index (χ1n) is 3.13. The number of nitrogens with zero attached hydrogens (tertiary/aromatic N) is 2. The van der Waals surface area contributed by atoms with Crippen LogP contribution in [0.3, 0.4) is 0 Å². The molecule has 1 aliphatic heterocycles. The van der Waals surface area contributed by atoms with Crippen LogP contribution >= 0.6 is 0 Å². The lowest BCUT2D eigenvalue weighted by Gasteiger charge is -2.22. The molecule has 60 valence electrons. The number of imide groups is 1. The number of carbonyl (C=O) groups excluding carboxylic acids is 2. The number of carbonyl (C=O) groups is 2. The van der Waals surface area contributed by atoms with Crippen molar-refractivity contribution in [3.8, 4) is 0 Å². The van der Waals surface area contributed by atoms with Gasteiger partial charge in [-0.05, 0) is 5.18 Å². The molecule has 0 aromatic rings. The molecule has 11 heavy (non-hydrogen) atoms. The molecule has 0 spiro atoms. The first-order valence-corrected chi connectivity index (χ1v) is 3.13. The highest BCUT2D eigenvalue weighted by Crippen LogP contribution is 2.00. The molecule has 1 heterocycles. The SMILES string of the molecule is O=NCN1C(=O)CCNC1=O. The summed E-state index contributed by atoms with van der Waals surface area (Å²) >= 11 is 0. The highest BCUT2D eigenvalue weighted by molar-refractivity contribution is 5.96. The maximum Gasteiger partial charge on any atom is 0.325 e. The van der Waals surface area contributed by atoms with Crippen LogP contribution in [-0.2, 0) is 4.79 Å². The summed E-state index contributed by atoms with van der Waals surface area (Å²) in [6.07, 6.45) is 0.237. The van der Waals surface area contributed by atoms with Crippen molar-refractivity contribution in [3.63, 3.8) is 0 Å². The van der Waals surface area contributed by atoms with Gasteiger partial charge >= 0.3 is 6.03 Å². The fourth-order valence-electron chi connectivity index (χ4n) is 0.821. The molecule has 0 aliphatic carbocycles. The van der Waals surface area contributed by atoms with E-state index in [-0.39, 0.29) is 12.3 Å². The third-order valence-corrected chi connectivity index (χ3v) is 1.36. The molecule has 6 heteroatoms. The fourth-order valence-corrected chi connectivity index (χ4v) is 0.821. The van der Waals surface area contributed by atoms with E-state index < -0.39 is 12.7 Å². The molecular weight excluding hydrogens is 150 g/mol. The minimum atomic E-state index is -0.541. The maximum absolute atomic E-state index is 10.9. The Morgan fingerprint density at radius 1 is 1.55 bits per heavy atom. The second-order valence-electron chi connectivity index (χ2n) is 2.07. The molecule has 1 saturated heterocycles. The van der Waals surface area contributed by atoms with E-state index in [1.807, 2.05) is 0 Å². The van der Waals surface area contributed by atoms with Crippen LogP contribution in [0.1, 0.15) is 6.42 Å². The van der Waals surface area contributed by atoms with E-state index in [1.165, 1.54) is 0 Å². The van der Waals surface area contributed by atoms with E-state index in [1.54, 1.807) is 0 Å². The predicted octanol–water partition coefficient (Wildman–Crippen LogP) is -0.348. The molecule has 0 bridgehead atoms. The highest BCUT2D eigenvalue weighted by atomic mass is 16.3. The second kappa shape index (κ2) is 3.09. The molecule has 0 unspecified atom stereocenters. The molecule has 3 amide bonds. The van der Waals surface area contributed by atoms with E-state index in [2.05, 4.69) is 10.5 Å². The van der Waals surface area contributed by atoms with Gasteiger partial charge in [-0.25, -0.2) is 9.69 Å². The summed E-state index contributed by atoms with van der Waals surface area (Å²) in [6.45, 7) is -0.0578. The third kappa shape index (κ3) is 1.51. The summed E-state index contributed by atoms with van der Waals surface area (Å²) < 4.78 is 0. The third-order valence-electron chi connectivity index (χ3n) is 1.36. The van der Waals surface area contributed by atoms with Crippen molar-refractivity contribution in [1.29, 1.82) is 0 Å². The van der Waals surface area contributed by atoms with Crippen molar-refractivity contribution in [2.24, 2.45) is 5.18 Å². The summed E-state index contributed by atoms with van der Waals surface area (Å²) in [4.78, 5) is 32.2. The molecule has 1 aliphatic rings. The van der Waals surface area contributed by atoms with Crippen molar-refractivity contribution < 1.29 is 9.59 Å². The van der Waals surface area contributed by atoms with E-state index in [4.69, 9.17) is 0 Å². The number of nitrogens with one attached hydrogen (secondary N) is 1. The average Bonchev–Trinajstić information content (AvgIpc) is 1.97. The number of amides is 3. The zero-order chi connectivity index (χ0) is 8.27. The van der Waals surface area contributed by atoms with E-state index >= 15 is 0 Å². The van der Waals surface area contributed by atoms with Crippen molar-refractivity contribution >= 4 is 11.9 Å². The normalized spacial score (nSPS) is 18.0. The topological polar surface area (TPSA) is 78.8 Å². The minimum absolute atomic E-state index is 0.237. The Labute approximate surface area is 62.5 Å². The molecule has 0 aromatic carbocycles. The average molecular weight is 157 g/mol. The first-order chi connectivity index (χ1) is 5.25. The Hall–Kier alpha value is -1.46. The smallest absolute Gasteiger partial charge is 0.325 e. The van der Waals surface area contributed by atoms with Crippen LogP contribution in [-0.4, -0.2) is 30.1 Å². The Morgan fingerprint density at radius 2 is 2.27 bits per heavy atom. The molecule has 6 nitrogen and oxygen atoms in total. The van der Waals surface area contributed by atoms with Gasteiger partial charge < -0.3 is 5.32 Å². The van der Waals surface area contributed by atoms with Crippen molar-refractivity contribution in [1.82, 2.24) is 10.2 Å². The zero-order valence-electron chi connectivity index (χ0n) is 5.74. The Morgan fingerprint density at radius 3 is 2.82 bits per heavy atom. The number of urea groups is 1. The summed E-state index contributed by atoms with van der Waals surface area (Å²) in [5, 5.41) is 4.87. The van der Waals surface area contributed by atoms with E-state index in [9.17, 15) is 14.5 Å². The van der Waals surface area contributed by atoms with Crippen LogP contribution < -0.4 is 5.32 Å². The first kappa shape index (κ1) is 7.64. The predicted molar refractivity (Wildman–Crippen MR) is 35.5 cm³/mol. The van der Waals surface area contributed by atoms with Crippen LogP contribution in [0.15, 0.2) is 5.18 Å². The van der Waals surface area contributed by atoms with Crippen molar-refractivity contribution in [2.75, 3.05) is 13.2 Å². The monoisotopic (exact) mass is 157 g/mol. The number of rotatable bonds is 2. The fraction of sp³-hybridized carbons (Fsp3) is 0.600. The molecule has 1 fully saturated rings. The Balaban J connectivity index is 2.62. The molecular formula is C5H7N3O3. The number of nitroso groups, excluding NO2 is 1. The van der Waals surface area contributed by atoms with Crippen LogP contribution in [0.25, 0.3) is 0 Å². The van der Waals surface area contributed by atoms with Gasteiger partial charge in [0.1, 0.15) is 0 Å². The minimum Gasteiger partial charge on any atom is -0.337 e. The standard InChI is InChI=1S/C5H7N3O3/c9-4-1-2-6-5(10)8(4)3-7-11/h1-3H2,(H,6,10). The van der Waals surface area contributed by atoms with Gasteiger partial charge in [0.15, 0.2) is 6.67 Å². The van der Waals surface area contributed by atoms with Gasteiger partial charge in [0, 0.05) is 13.0 Å². The van der Waals surface area contributed by atoms with Gasteiger partial charge in [0.05, 0.1) is 0 Å². The quantitative estimate of drug-likeness (QED) is 0.556. The lowest BCUT2D eigenvalue weighted by atomic mass is 10.3. The van der Waals surface area contributed by atoms with Crippen molar-refractivity contribution in [3.05, 3.63) is 4.91 Å². The second-order valence-corrected chi connectivity index (χ2v) is 2.07. The number of hydrogen-bond acceptors (Lipinski definition) is 4. The Kier molecular flexibility index (Phi) is 2.15.